The Labute approximate surface area is 114 Å². The highest BCUT2D eigenvalue weighted by Crippen LogP contribution is 2.26. The Morgan fingerprint density at radius 2 is 2.16 bits per heavy atom. The van der Waals surface area contributed by atoms with Crippen molar-refractivity contribution >= 4 is 5.57 Å². The monoisotopic (exact) mass is 255 g/mol. The van der Waals surface area contributed by atoms with Crippen LogP contribution in [0.3, 0.4) is 0 Å². The molecule has 0 N–H and O–H groups in total. The quantitative estimate of drug-likeness (QED) is 0.822. The van der Waals surface area contributed by atoms with Gasteiger partial charge in [0.1, 0.15) is 0 Å². The highest BCUT2D eigenvalue weighted by atomic mass is 15.5. The molecule has 4 heteroatoms. The summed E-state index contributed by atoms with van der Waals surface area (Å²) in [7, 11) is 0. The Morgan fingerprint density at radius 1 is 1.37 bits per heavy atom. The van der Waals surface area contributed by atoms with Crippen LogP contribution in [0.5, 0.6) is 0 Å². The first-order valence-corrected chi connectivity index (χ1v) is 6.59. The number of nitrogens with zero attached hydrogens (tertiary/aromatic N) is 4. The van der Waals surface area contributed by atoms with Crippen molar-refractivity contribution in [3.05, 3.63) is 42.8 Å². The lowest BCUT2D eigenvalue weighted by Crippen LogP contribution is -2.04. The predicted molar refractivity (Wildman–Crippen MR) is 77.2 cm³/mol. The normalized spacial score (nSPS) is 11.8. The first-order chi connectivity index (χ1) is 9.27. The molecule has 1 aromatic carbocycles. The van der Waals surface area contributed by atoms with Crippen molar-refractivity contribution in [3.8, 4) is 11.4 Å². The van der Waals surface area contributed by atoms with Crippen molar-refractivity contribution in [1.29, 1.82) is 0 Å². The molecule has 19 heavy (non-hydrogen) atoms. The van der Waals surface area contributed by atoms with Gasteiger partial charge in [-0.2, -0.15) is 0 Å². The molecule has 0 fully saturated rings. The molecule has 0 aliphatic heterocycles. The third-order valence-electron chi connectivity index (χ3n) is 3.15. The van der Waals surface area contributed by atoms with Gasteiger partial charge in [-0.1, -0.05) is 43.7 Å². The van der Waals surface area contributed by atoms with Crippen LogP contribution in [0.2, 0.25) is 0 Å². The topological polar surface area (TPSA) is 43.6 Å². The molecule has 0 unspecified atom stereocenters. The van der Waals surface area contributed by atoms with E-state index in [0.29, 0.717) is 0 Å². The number of tetrazole rings is 1. The molecule has 2 aromatic rings. The maximum Gasteiger partial charge on any atom is 0.182 e. The molecule has 0 aliphatic carbocycles. The molecule has 1 aromatic heterocycles. The minimum absolute atomic E-state index is 0.824. The molecule has 0 spiro atoms. The number of allylic oxidation sites excluding steroid dienone is 2. The lowest BCUT2D eigenvalue weighted by atomic mass is 10.0. The average molecular weight is 255 g/mol. The fourth-order valence-electron chi connectivity index (χ4n) is 1.99. The molecular formula is C15H19N4. The van der Waals surface area contributed by atoms with Crippen LogP contribution in [-0.2, 0) is 6.54 Å². The lowest BCUT2D eigenvalue weighted by molar-refractivity contribution is 0.557. The molecule has 1 heterocycles. The fraction of sp³-hybridized carbons (Fsp3) is 0.333. The SMILES string of the molecule is [CH2]/C=C(/C)c1ccccc1-c1nnnn1CCCC. The van der Waals surface area contributed by atoms with Gasteiger partial charge in [0.25, 0.3) is 0 Å². The van der Waals surface area contributed by atoms with E-state index in [9.17, 15) is 0 Å². The summed E-state index contributed by atoms with van der Waals surface area (Å²) in [6.45, 7) is 8.89. The summed E-state index contributed by atoms with van der Waals surface area (Å²) in [6, 6.07) is 8.15. The minimum Gasteiger partial charge on any atom is -0.225 e. The van der Waals surface area contributed by atoms with Gasteiger partial charge in [-0.3, -0.25) is 0 Å². The first-order valence-electron chi connectivity index (χ1n) is 6.59. The van der Waals surface area contributed by atoms with Gasteiger partial charge in [-0.25, -0.2) is 4.68 Å². The number of aryl methyl sites for hydroxylation is 1. The van der Waals surface area contributed by atoms with Crippen LogP contribution in [0.25, 0.3) is 17.0 Å². The molecule has 0 saturated heterocycles. The Hall–Kier alpha value is -1.97. The van der Waals surface area contributed by atoms with Crippen molar-refractivity contribution in [2.24, 2.45) is 0 Å². The van der Waals surface area contributed by atoms with Gasteiger partial charge >= 0.3 is 0 Å². The van der Waals surface area contributed by atoms with Crippen LogP contribution in [0, 0.1) is 6.92 Å². The van der Waals surface area contributed by atoms with E-state index in [4.69, 9.17) is 0 Å². The van der Waals surface area contributed by atoms with Gasteiger partial charge < -0.3 is 0 Å². The summed E-state index contributed by atoms with van der Waals surface area (Å²) in [5, 5.41) is 12.1. The maximum atomic E-state index is 4.17. The maximum absolute atomic E-state index is 4.17. The first kappa shape index (κ1) is 13.5. The summed E-state index contributed by atoms with van der Waals surface area (Å²) in [6.07, 6.45) is 4.06. The van der Waals surface area contributed by atoms with E-state index in [0.717, 1.165) is 41.9 Å². The standard InChI is InChI=1S/C15H19N4/c1-4-6-11-19-15(16-17-18-19)14-10-8-7-9-13(14)12(3)5-2/h5,7-10H,2,4,6,11H2,1,3H3/b12-5-. The van der Waals surface area contributed by atoms with E-state index < -0.39 is 0 Å². The van der Waals surface area contributed by atoms with Crippen LogP contribution < -0.4 is 0 Å². The molecule has 0 saturated carbocycles. The molecule has 4 nitrogen and oxygen atoms in total. The second kappa shape index (κ2) is 6.27. The molecule has 1 radical (unpaired) electrons. The lowest BCUT2D eigenvalue weighted by Gasteiger charge is -2.09. The number of hydrogen-bond acceptors (Lipinski definition) is 3. The number of benzene rings is 1. The van der Waals surface area contributed by atoms with Crippen LogP contribution in [0.4, 0.5) is 0 Å². The van der Waals surface area contributed by atoms with Crippen molar-refractivity contribution in [2.45, 2.75) is 33.2 Å². The molecular weight excluding hydrogens is 236 g/mol. The van der Waals surface area contributed by atoms with E-state index in [1.807, 2.05) is 29.8 Å². The third kappa shape index (κ3) is 2.89. The van der Waals surface area contributed by atoms with E-state index >= 15 is 0 Å². The van der Waals surface area contributed by atoms with E-state index in [1.54, 1.807) is 0 Å². The highest BCUT2D eigenvalue weighted by molar-refractivity contribution is 5.77. The summed E-state index contributed by atoms with van der Waals surface area (Å²) in [5.41, 5.74) is 3.31. The highest BCUT2D eigenvalue weighted by Gasteiger charge is 2.12. The zero-order valence-corrected chi connectivity index (χ0v) is 11.5. The average Bonchev–Trinajstić information content (AvgIpc) is 2.92. The smallest absolute Gasteiger partial charge is 0.182 e. The summed E-state index contributed by atoms with van der Waals surface area (Å²) in [4.78, 5) is 0. The molecule has 0 atom stereocenters. The second-order valence-electron chi connectivity index (χ2n) is 4.51. The predicted octanol–water partition coefficient (Wildman–Crippen LogP) is 3.38. The Kier molecular flexibility index (Phi) is 4.44. The second-order valence-corrected chi connectivity index (χ2v) is 4.51. The Morgan fingerprint density at radius 3 is 2.89 bits per heavy atom. The third-order valence-corrected chi connectivity index (χ3v) is 3.15. The number of rotatable bonds is 5. The zero-order chi connectivity index (χ0) is 13.7. The fourth-order valence-corrected chi connectivity index (χ4v) is 1.99. The van der Waals surface area contributed by atoms with Gasteiger partial charge in [-0.15, -0.1) is 5.10 Å². The minimum atomic E-state index is 0.824. The van der Waals surface area contributed by atoms with Crippen LogP contribution in [0.15, 0.2) is 30.3 Å². The molecule has 99 valence electrons. The van der Waals surface area contributed by atoms with Gasteiger partial charge in [0.2, 0.25) is 0 Å². The summed E-state index contributed by atoms with van der Waals surface area (Å²) in [5.74, 6) is 0.824. The number of unbranched alkanes of at least 4 members (excludes halogenated alkanes) is 1. The van der Waals surface area contributed by atoms with Crippen LogP contribution in [0.1, 0.15) is 32.3 Å². The van der Waals surface area contributed by atoms with Crippen molar-refractivity contribution in [3.63, 3.8) is 0 Å². The Balaban J connectivity index is 2.45. The van der Waals surface area contributed by atoms with Crippen molar-refractivity contribution in [2.75, 3.05) is 0 Å². The van der Waals surface area contributed by atoms with E-state index in [1.165, 1.54) is 0 Å². The van der Waals surface area contributed by atoms with Crippen molar-refractivity contribution in [1.82, 2.24) is 20.2 Å². The molecule has 0 aliphatic rings. The number of aromatic nitrogens is 4. The largest absolute Gasteiger partial charge is 0.225 e. The molecule has 2 rings (SSSR count). The van der Waals surface area contributed by atoms with Crippen molar-refractivity contribution < 1.29 is 0 Å². The van der Waals surface area contributed by atoms with Crippen LogP contribution >= 0.6 is 0 Å². The van der Waals surface area contributed by atoms with Gasteiger partial charge in [0.15, 0.2) is 5.82 Å². The molecule has 0 bridgehead atoms. The van der Waals surface area contributed by atoms with E-state index in [2.05, 4.69) is 41.5 Å². The summed E-state index contributed by atoms with van der Waals surface area (Å²) < 4.78 is 1.87. The number of hydrogen-bond donors (Lipinski definition) is 0. The van der Waals surface area contributed by atoms with Crippen LogP contribution in [-0.4, -0.2) is 20.2 Å². The summed E-state index contributed by atoms with van der Waals surface area (Å²) >= 11 is 0. The van der Waals surface area contributed by atoms with Gasteiger partial charge in [0, 0.05) is 12.1 Å². The van der Waals surface area contributed by atoms with E-state index in [-0.39, 0.29) is 0 Å². The van der Waals surface area contributed by atoms with Gasteiger partial charge in [0.05, 0.1) is 0 Å². The zero-order valence-electron chi connectivity index (χ0n) is 11.5. The van der Waals surface area contributed by atoms with Gasteiger partial charge in [-0.05, 0) is 41.8 Å². The molecule has 0 amide bonds. The Bertz CT molecular complexity index is 569.